The maximum atomic E-state index is 14.5. The van der Waals surface area contributed by atoms with Crippen molar-refractivity contribution in [3.63, 3.8) is 0 Å². The second-order valence-corrected chi connectivity index (χ2v) is 10.2. The van der Waals surface area contributed by atoms with Crippen LogP contribution < -0.4 is 0 Å². The van der Waals surface area contributed by atoms with E-state index in [0.717, 1.165) is 15.4 Å². The zero-order valence-corrected chi connectivity index (χ0v) is 19.3. The second-order valence-electron chi connectivity index (χ2n) is 7.80. The van der Waals surface area contributed by atoms with Crippen LogP contribution in [0, 0.1) is 5.82 Å². The summed E-state index contributed by atoms with van der Waals surface area (Å²) in [7, 11) is 1.68. The topological polar surface area (TPSA) is 59.5 Å². The standard InChI is InChI=1S/C23H23FN2O3S2/c1-23(2,3)26(4)22(28)29-14-19-25-20(17-10-5-6-11-18(17)24)21(31-19)30-16-9-7-8-15(12-16)13-27/h5-13H,14H2,1-4H3. The summed E-state index contributed by atoms with van der Waals surface area (Å²) in [6.45, 7) is 5.72. The van der Waals surface area contributed by atoms with Gasteiger partial charge in [-0.2, -0.15) is 0 Å². The number of amides is 1. The van der Waals surface area contributed by atoms with E-state index >= 15 is 0 Å². The monoisotopic (exact) mass is 458 g/mol. The number of thiazole rings is 1. The molecule has 3 rings (SSSR count). The Bertz CT molecular complexity index is 1090. The number of hydrogen-bond acceptors (Lipinski definition) is 6. The highest BCUT2D eigenvalue weighted by molar-refractivity contribution is 8.01. The molecule has 8 heteroatoms. The van der Waals surface area contributed by atoms with Gasteiger partial charge in [0.05, 0.1) is 9.90 Å². The van der Waals surface area contributed by atoms with E-state index in [-0.39, 0.29) is 18.0 Å². The van der Waals surface area contributed by atoms with Crippen LogP contribution in [0.3, 0.4) is 0 Å². The number of aromatic nitrogens is 1. The van der Waals surface area contributed by atoms with Gasteiger partial charge in [0, 0.05) is 28.6 Å². The minimum Gasteiger partial charge on any atom is -0.442 e. The van der Waals surface area contributed by atoms with Crippen LogP contribution in [0.25, 0.3) is 11.3 Å². The van der Waals surface area contributed by atoms with Crippen molar-refractivity contribution in [2.75, 3.05) is 7.05 Å². The Labute approximate surface area is 189 Å². The Morgan fingerprint density at radius 1 is 1.23 bits per heavy atom. The third-order valence-corrected chi connectivity index (χ3v) is 6.77. The van der Waals surface area contributed by atoms with Crippen molar-refractivity contribution in [3.05, 3.63) is 64.9 Å². The molecule has 0 radical (unpaired) electrons. The molecule has 0 aliphatic carbocycles. The van der Waals surface area contributed by atoms with E-state index in [2.05, 4.69) is 4.98 Å². The van der Waals surface area contributed by atoms with Crippen LogP contribution in [-0.4, -0.2) is 34.8 Å². The van der Waals surface area contributed by atoms with E-state index in [1.165, 1.54) is 34.1 Å². The van der Waals surface area contributed by atoms with Crippen molar-refractivity contribution >= 4 is 35.5 Å². The van der Waals surface area contributed by atoms with Crippen LogP contribution >= 0.6 is 23.1 Å². The van der Waals surface area contributed by atoms with Gasteiger partial charge in [-0.05, 0) is 45.0 Å². The number of carbonyl (C=O) groups excluding carboxylic acids is 2. The van der Waals surface area contributed by atoms with E-state index in [1.54, 1.807) is 43.4 Å². The van der Waals surface area contributed by atoms with Crippen molar-refractivity contribution in [2.45, 2.75) is 42.0 Å². The average Bonchev–Trinajstić information content (AvgIpc) is 3.13. The molecule has 162 valence electrons. The number of benzene rings is 2. The largest absolute Gasteiger partial charge is 0.442 e. The van der Waals surface area contributed by atoms with Crippen molar-refractivity contribution in [1.29, 1.82) is 0 Å². The summed E-state index contributed by atoms with van der Waals surface area (Å²) in [5.41, 5.74) is 1.04. The number of carbonyl (C=O) groups is 2. The van der Waals surface area contributed by atoms with Crippen molar-refractivity contribution in [3.8, 4) is 11.3 Å². The lowest BCUT2D eigenvalue weighted by Crippen LogP contribution is -2.42. The van der Waals surface area contributed by atoms with Crippen LogP contribution in [0.15, 0.2) is 57.6 Å². The number of ether oxygens (including phenoxy) is 1. The fourth-order valence-electron chi connectivity index (χ4n) is 2.56. The van der Waals surface area contributed by atoms with Crippen LogP contribution in [0.5, 0.6) is 0 Å². The first-order valence-electron chi connectivity index (χ1n) is 9.57. The molecule has 0 spiro atoms. The zero-order chi connectivity index (χ0) is 22.6. The molecule has 5 nitrogen and oxygen atoms in total. The van der Waals surface area contributed by atoms with Crippen molar-refractivity contribution < 1.29 is 18.7 Å². The van der Waals surface area contributed by atoms with Crippen molar-refractivity contribution in [1.82, 2.24) is 9.88 Å². The molecule has 1 aromatic heterocycles. The average molecular weight is 459 g/mol. The predicted octanol–water partition coefficient (Wildman–Crippen LogP) is 6.28. The van der Waals surface area contributed by atoms with Crippen LogP contribution in [0.4, 0.5) is 9.18 Å². The number of halogens is 1. The highest BCUT2D eigenvalue weighted by Gasteiger charge is 2.24. The van der Waals surface area contributed by atoms with Gasteiger partial charge in [0.15, 0.2) is 0 Å². The summed E-state index contributed by atoms with van der Waals surface area (Å²) < 4.78 is 20.7. The lowest BCUT2D eigenvalue weighted by atomic mass is 10.1. The van der Waals surface area contributed by atoms with E-state index < -0.39 is 6.09 Å². The van der Waals surface area contributed by atoms with Gasteiger partial charge in [-0.15, -0.1) is 11.3 Å². The molecule has 1 amide bonds. The van der Waals surface area contributed by atoms with Gasteiger partial charge in [0.1, 0.15) is 23.7 Å². The fraction of sp³-hybridized carbons (Fsp3) is 0.261. The minimum absolute atomic E-state index is 0.0136. The molecule has 3 aromatic rings. The van der Waals surface area contributed by atoms with Gasteiger partial charge in [-0.1, -0.05) is 36.0 Å². The molecular weight excluding hydrogens is 435 g/mol. The molecule has 0 atom stereocenters. The first-order chi connectivity index (χ1) is 14.7. The molecule has 2 aromatic carbocycles. The lowest BCUT2D eigenvalue weighted by molar-refractivity contribution is 0.0759. The first kappa shape index (κ1) is 23.0. The smallest absolute Gasteiger partial charge is 0.410 e. The van der Waals surface area contributed by atoms with Gasteiger partial charge in [-0.3, -0.25) is 4.79 Å². The minimum atomic E-state index is -0.456. The summed E-state index contributed by atoms with van der Waals surface area (Å²) in [6.07, 6.45) is 0.327. The molecule has 0 saturated heterocycles. The summed E-state index contributed by atoms with van der Waals surface area (Å²) in [6, 6.07) is 13.6. The van der Waals surface area contributed by atoms with Gasteiger partial charge >= 0.3 is 6.09 Å². The number of hydrogen-bond donors (Lipinski definition) is 0. The highest BCUT2D eigenvalue weighted by atomic mass is 32.2. The zero-order valence-electron chi connectivity index (χ0n) is 17.7. The lowest BCUT2D eigenvalue weighted by Gasteiger charge is -2.30. The Balaban J connectivity index is 1.90. The van der Waals surface area contributed by atoms with E-state index in [1.807, 2.05) is 26.8 Å². The Morgan fingerprint density at radius 2 is 1.97 bits per heavy atom. The molecule has 0 unspecified atom stereocenters. The molecule has 0 saturated carbocycles. The van der Waals surface area contributed by atoms with E-state index in [9.17, 15) is 14.0 Å². The quantitative estimate of drug-likeness (QED) is 0.407. The molecule has 0 N–H and O–H groups in total. The summed E-state index contributed by atoms with van der Waals surface area (Å²) in [5.74, 6) is -0.382. The SMILES string of the molecule is CN(C(=O)OCc1nc(-c2ccccc2F)c(Sc2cccc(C=O)c2)s1)C(C)(C)C. The highest BCUT2D eigenvalue weighted by Crippen LogP contribution is 2.41. The summed E-state index contributed by atoms with van der Waals surface area (Å²) in [5, 5.41) is 0.558. The number of aldehydes is 1. The Hall–Kier alpha value is -2.71. The predicted molar refractivity (Wildman–Crippen MR) is 121 cm³/mol. The third kappa shape index (κ3) is 5.71. The van der Waals surface area contributed by atoms with Crippen LogP contribution in [-0.2, 0) is 11.3 Å². The number of rotatable bonds is 6. The molecule has 31 heavy (non-hydrogen) atoms. The molecule has 0 aliphatic heterocycles. The maximum Gasteiger partial charge on any atom is 0.410 e. The third-order valence-electron chi connectivity index (χ3n) is 4.57. The summed E-state index contributed by atoms with van der Waals surface area (Å²) >= 11 is 2.73. The van der Waals surface area contributed by atoms with Gasteiger partial charge < -0.3 is 9.64 Å². The molecule has 0 fully saturated rings. The van der Waals surface area contributed by atoms with Crippen molar-refractivity contribution in [2.24, 2.45) is 0 Å². The van der Waals surface area contributed by atoms with Gasteiger partial charge in [-0.25, -0.2) is 14.2 Å². The maximum absolute atomic E-state index is 14.5. The Kier molecular flexibility index (Phi) is 7.12. The second kappa shape index (κ2) is 9.62. The summed E-state index contributed by atoms with van der Waals surface area (Å²) in [4.78, 5) is 30.3. The normalized spacial score (nSPS) is 11.3. The Morgan fingerprint density at radius 3 is 2.65 bits per heavy atom. The first-order valence-corrected chi connectivity index (χ1v) is 11.2. The molecule has 0 aliphatic rings. The van der Waals surface area contributed by atoms with Gasteiger partial charge in [0.25, 0.3) is 0 Å². The van der Waals surface area contributed by atoms with Gasteiger partial charge in [0.2, 0.25) is 0 Å². The van der Waals surface area contributed by atoms with Crippen LogP contribution in [0.1, 0.15) is 36.1 Å². The van der Waals surface area contributed by atoms with E-state index in [4.69, 9.17) is 4.74 Å². The fourth-order valence-corrected chi connectivity index (χ4v) is 4.83. The molecule has 0 bridgehead atoms. The molecular formula is C23H23FN2O3S2. The van der Waals surface area contributed by atoms with Crippen LogP contribution in [0.2, 0.25) is 0 Å². The van der Waals surface area contributed by atoms with E-state index in [0.29, 0.717) is 21.8 Å². The molecule has 1 heterocycles. The number of nitrogens with zero attached hydrogens (tertiary/aromatic N) is 2.